The van der Waals surface area contributed by atoms with E-state index in [1.54, 1.807) is 0 Å². The first-order valence-corrected chi connectivity index (χ1v) is 15.9. The van der Waals surface area contributed by atoms with Crippen LogP contribution in [0.5, 0.6) is 17.2 Å². The molecule has 0 aliphatic heterocycles. The molecular weight excluding hydrogens is 560 g/mol. The first-order chi connectivity index (χ1) is 21.9. The zero-order valence-electron chi connectivity index (χ0n) is 26.7. The van der Waals surface area contributed by atoms with Gasteiger partial charge in [-0.1, -0.05) is 88.0 Å². The van der Waals surface area contributed by atoms with Crippen molar-refractivity contribution in [3.63, 3.8) is 0 Å². The highest BCUT2D eigenvalue weighted by molar-refractivity contribution is 5.77. The van der Waals surface area contributed by atoms with E-state index in [1.807, 2.05) is 30.3 Å². The monoisotopic (exact) mass is 606 g/mol. The Morgan fingerprint density at radius 3 is 1.60 bits per heavy atom. The third kappa shape index (κ3) is 9.84. The topological polar surface area (TPSA) is 68.2 Å². The number of aliphatic hydroxyl groups is 2. The lowest BCUT2D eigenvalue weighted by atomic mass is 9.92. The number of hydrogen-bond donors (Lipinski definition) is 2. The van der Waals surface area contributed by atoms with Crippen molar-refractivity contribution >= 4 is 0 Å². The van der Waals surface area contributed by atoms with Crippen molar-refractivity contribution < 1.29 is 24.4 Å². The van der Waals surface area contributed by atoms with Crippen molar-refractivity contribution in [2.45, 2.75) is 46.0 Å². The van der Waals surface area contributed by atoms with Gasteiger partial charge in [-0.15, -0.1) is 0 Å². The molecule has 5 nitrogen and oxygen atoms in total. The molecule has 4 rings (SSSR count). The molecule has 0 spiro atoms. The van der Waals surface area contributed by atoms with Gasteiger partial charge in [0.15, 0.2) is 0 Å². The zero-order valence-corrected chi connectivity index (χ0v) is 26.7. The van der Waals surface area contributed by atoms with E-state index in [0.717, 1.165) is 59.5 Å². The minimum Gasteiger partial charge on any atom is -0.494 e. The Labute approximate surface area is 268 Å². The quantitative estimate of drug-likeness (QED) is 0.0874. The fraction of sp³-hybridized carbons (Fsp3) is 0.300. The summed E-state index contributed by atoms with van der Waals surface area (Å²) < 4.78 is 17.9. The Morgan fingerprint density at radius 2 is 1.07 bits per heavy atom. The molecule has 4 aromatic carbocycles. The fourth-order valence-electron chi connectivity index (χ4n) is 4.96. The van der Waals surface area contributed by atoms with E-state index < -0.39 is 0 Å². The molecule has 0 amide bonds. The van der Waals surface area contributed by atoms with E-state index in [2.05, 4.69) is 81.6 Å². The van der Waals surface area contributed by atoms with Gasteiger partial charge < -0.3 is 24.4 Å². The average molecular weight is 607 g/mol. The fourth-order valence-corrected chi connectivity index (χ4v) is 4.96. The standard InChI is InChI=1S/C40H46O5/c1-5-7-20-43-37-15-12-33(13-16-37)32-8-10-34(11-9-32)40-17-14-35(23-31(40)6-2)36-24-38(44-21-18-29(3)27-41)26-39(25-36)45-22-19-30(4)28-42/h8-17,23-26,41-42H,3-7,18-22,27-28H2,1-2H3. The van der Waals surface area contributed by atoms with Crippen LogP contribution in [0.3, 0.4) is 0 Å². The van der Waals surface area contributed by atoms with Crippen LogP contribution in [-0.2, 0) is 6.42 Å². The van der Waals surface area contributed by atoms with Crippen molar-refractivity contribution in [2.24, 2.45) is 0 Å². The summed E-state index contributed by atoms with van der Waals surface area (Å²) in [6, 6.07) is 29.5. The Balaban J connectivity index is 1.55. The van der Waals surface area contributed by atoms with E-state index in [-0.39, 0.29) is 13.2 Å². The predicted octanol–water partition coefficient (Wildman–Crippen LogP) is 9.06. The number of ether oxygens (including phenoxy) is 3. The molecule has 45 heavy (non-hydrogen) atoms. The highest BCUT2D eigenvalue weighted by Crippen LogP contribution is 2.35. The minimum absolute atomic E-state index is 0.0525. The first kappa shape index (κ1) is 33.6. The van der Waals surface area contributed by atoms with Crippen molar-refractivity contribution in [3.8, 4) is 50.6 Å². The van der Waals surface area contributed by atoms with E-state index in [0.29, 0.717) is 37.6 Å². The molecule has 0 bridgehead atoms. The molecule has 0 saturated carbocycles. The Hall–Kier alpha value is -4.32. The molecule has 236 valence electrons. The number of rotatable bonds is 18. The molecule has 0 aromatic heterocycles. The second kappa shape index (κ2) is 17.2. The van der Waals surface area contributed by atoms with Gasteiger partial charge in [0.2, 0.25) is 0 Å². The summed E-state index contributed by atoms with van der Waals surface area (Å²) in [5.41, 5.74) is 9.49. The van der Waals surface area contributed by atoms with Crippen molar-refractivity contribution in [2.75, 3.05) is 33.0 Å². The van der Waals surface area contributed by atoms with Crippen LogP contribution < -0.4 is 14.2 Å². The van der Waals surface area contributed by atoms with E-state index >= 15 is 0 Å². The number of aliphatic hydroxyl groups excluding tert-OH is 2. The SMILES string of the molecule is C=C(CO)CCOc1cc(OCCC(=C)CO)cc(-c2ccc(-c3ccc(-c4ccc(OCCCC)cc4)cc3)c(CC)c2)c1. The molecular formula is C40H46O5. The molecule has 0 radical (unpaired) electrons. The summed E-state index contributed by atoms with van der Waals surface area (Å²) in [6.45, 7) is 13.5. The van der Waals surface area contributed by atoms with Gasteiger partial charge in [-0.3, -0.25) is 0 Å². The lowest BCUT2D eigenvalue weighted by Gasteiger charge is -2.15. The Bertz CT molecular complexity index is 1500. The van der Waals surface area contributed by atoms with Crippen LogP contribution in [0.15, 0.2) is 109 Å². The van der Waals surface area contributed by atoms with Crippen LogP contribution in [0.2, 0.25) is 0 Å². The van der Waals surface area contributed by atoms with Gasteiger partial charge in [0, 0.05) is 18.9 Å². The average Bonchev–Trinajstić information content (AvgIpc) is 3.08. The minimum atomic E-state index is -0.0525. The molecule has 0 aliphatic rings. The second-order valence-corrected chi connectivity index (χ2v) is 11.2. The van der Waals surface area contributed by atoms with Crippen LogP contribution in [0.4, 0.5) is 0 Å². The van der Waals surface area contributed by atoms with Gasteiger partial charge in [-0.25, -0.2) is 0 Å². The van der Waals surface area contributed by atoms with E-state index in [4.69, 9.17) is 14.2 Å². The number of benzene rings is 4. The van der Waals surface area contributed by atoms with Crippen LogP contribution in [0, 0.1) is 0 Å². The van der Waals surface area contributed by atoms with Gasteiger partial charge in [0.25, 0.3) is 0 Å². The molecule has 0 atom stereocenters. The lowest BCUT2D eigenvalue weighted by molar-refractivity contribution is 0.285. The maximum absolute atomic E-state index is 9.29. The van der Waals surface area contributed by atoms with Gasteiger partial charge >= 0.3 is 0 Å². The van der Waals surface area contributed by atoms with Gasteiger partial charge in [-0.05, 0) is 87.2 Å². The van der Waals surface area contributed by atoms with Crippen molar-refractivity contribution in [1.29, 1.82) is 0 Å². The number of aryl methyl sites for hydroxylation is 1. The number of hydrogen-bond acceptors (Lipinski definition) is 5. The zero-order chi connectivity index (χ0) is 32.0. The maximum atomic E-state index is 9.29. The highest BCUT2D eigenvalue weighted by Gasteiger charge is 2.11. The van der Waals surface area contributed by atoms with Crippen LogP contribution >= 0.6 is 0 Å². The van der Waals surface area contributed by atoms with E-state index in [1.165, 1.54) is 22.3 Å². The summed E-state index contributed by atoms with van der Waals surface area (Å²) in [4.78, 5) is 0. The molecule has 0 unspecified atom stereocenters. The smallest absolute Gasteiger partial charge is 0.123 e. The molecule has 2 N–H and O–H groups in total. The predicted molar refractivity (Wildman–Crippen MR) is 185 cm³/mol. The second-order valence-electron chi connectivity index (χ2n) is 11.2. The summed E-state index contributed by atoms with van der Waals surface area (Å²) in [5, 5.41) is 18.6. The molecule has 0 saturated heterocycles. The van der Waals surface area contributed by atoms with Gasteiger partial charge in [-0.2, -0.15) is 0 Å². The Morgan fingerprint density at radius 1 is 0.556 bits per heavy atom. The summed E-state index contributed by atoms with van der Waals surface area (Å²) >= 11 is 0. The third-order valence-corrected chi connectivity index (χ3v) is 7.75. The van der Waals surface area contributed by atoms with Gasteiger partial charge in [0.05, 0.1) is 33.0 Å². The van der Waals surface area contributed by atoms with Crippen molar-refractivity contribution in [3.05, 3.63) is 115 Å². The summed E-state index contributed by atoms with van der Waals surface area (Å²) in [7, 11) is 0. The van der Waals surface area contributed by atoms with Crippen LogP contribution in [0.1, 0.15) is 45.1 Å². The maximum Gasteiger partial charge on any atom is 0.123 e. The van der Waals surface area contributed by atoms with Crippen LogP contribution in [-0.4, -0.2) is 43.2 Å². The molecule has 0 heterocycles. The van der Waals surface area contributed by atoms with Gasteiger partial charge in [0.1, 0.15) is 17.2 Å². The third-order valence-electron chi connectivity index (χ3n) is 7.75. The number of unbranched alkanes of at least 4 members (excludes halogenated alkanes) is 1. The summed E-state index contributed by atoms with van der Waals surface area (Å²) in [6.07, 6.45) is 4.21. The normalized spacial score (nSPS) is 10.8. The molecule has 4 aromatic rings. The summed E-state index contributed by atoms with van der Waals surface area (Å²) in [5.74, 6) is 2.28. The van der Waals surface area contributed by atoms with Crippen LogP contribution in [0.25, 0.3) is 33.4 Å². The van der Waals surface area contributed by atoms with Crippen molar-refractivity contribution in [1.82, 2.24) is 0 Å². The highest BCUT2D eigenvalue weighted by atomic mass is 16.5. The lowest BCUT2D eigenvalue weighted by Crippen LogP contribution is -2.03. The Kier molecular flexibility index (Phi) is 12.9. The molecule has 0 fully saturated rings. The molecule has 0 aliphatic carbocycles. The largest absolute Gasteiger partial charge is 0.494 e. The van der Waals surface area contributed by atoms with E-state index in [9.17, 15) is 10.2 Å². The molecule has 5 heteroatoms. The first-order valence-electron chi connectivity index (χ1n) is 15.9.